The number of sulfonamides is 1. The van der Waals surface area contributed by atoms with Crippen LogP contribution < -0.4 is 11.6 Å². The first kappa shape index (κ1) is 15.3. The first-order valence-corrected chi connectivity index (χ1v) is 7.18. The number of nitrogens with zero attached hydrogens (tertiary/aromatic N) is 2. The Hall–Kier alpha value is -0.660. The summed E-state index contributed by atoms with van der Waals surface area (Å²) in [5, 5.41) is 0. The molecule has 6 nitrogen and oxygen atoms in total. The van der Waals surface area contributed by atoms with E-state index in [4.69, 9.17) is 11.6 Å². The summed E-state index contributed by atoms with van der Waals surface area (Å²) in [7, 11) is -3.24. The molecule has 0 aromatic rings. The fourth-order valence-electron chi connectivity index (χ4n) is 1.15. The lowest BCUT2D eigenvalue weighted by atomic mass is 10.2. The van der Waals surface area contributed by atoms with E-state index in [1.807, 2.05) is 0 Å². The SMILES string of the molecule is CC(N)=NCCCCCCN(N)S(C)(=O)=O. The lowest BCUT2D eigenvalue weighted by molar-refractivity contribution is 0.414. The molecule has 0 saturated heterocycles. The van der Waals surface area contributed by atoms with Gasteiger partial charge in [0, 0.05) is 13.1 Å². The van der Waals surface area contributed by atoms with Crippen molar-refractivity contribution in [2.24, 2.45) is 16.6 Å². The number of unbranched alkanes of at least 4 members (excludes halogenated alkanes) is 3. The lowest BCUT2D eigenvalue weighted by Crippen LogP contribution is -2.37. The van der Waals surface area contributed by atoms with E-state index in [-0.39, 0.29) is 0 Å². The van der Waals surface area contributed by atoms with E-state index in [1.54, 1.807) is 6.92 Å². The molecule has 0 heterocycles. The Balaban J connectivity index is 3.45. The van der Waals surface area contributed by atoms with Crippen molar-refractivity contribution in [3.8, 4) is 0 Å². The number of aliphatic imine (C=N–C) groups is 1. The Morgan fingerprint density at radius 2 is 1.81 bits per heavy atom. The van der Waals surface area contributed by atoms with Crippen LogP contribution in [0.15, 0.2) is 4.99 Å². The predicted octanol–water partition coefficient (Wildman–Crippen LogP) is 0.0592. The Morgan fingerprint density at radius 1 is 1.25 bits per heavy atom. The average Bonchev–Trinajstić information content (AvgIpc) is 2.14. The lowest BCUT2D eigenvalue weighted by Gasteiger charge is -2.12. The van der Waals surface area contributed by atoms with Crippen molar-refractivity contribution in [2.45, 2.75) is 32.6 Å². The Morgan fingerprint density at radius 3 is 2.31 bits per heavy atom. The molecule has 0 atom stereocenters. The van der Waals surface area contributed by atoms with E-state index in [0.717, 1.165) is 42.9 Å². The fourth-order valence-corrected chi connectivity index (χ4v) is 1.61. The second-order valence-electron chi connectivity index (χ2n) is 3.81. The first-order valence-electron chi connectivity index (χ1n) is 5.33. The third kappa shape index (κ3) is 8.63. The molecule has 0 aromatic carbocycles. The summed E-state index contributed by atoms with van der Waals surface area (Å²) in [6, 6.07) is 0. The topological polar surface area (TPSA) is 102 Å². The molecule has 0 aliphatic carbocycles. The number of hydrogen-bond acceptors (Lipinski definition) is 4. The second kappa shape index (κ2) is 7.59. The molecule has 0 spiro atoms. The molecule has 0 radical (unpaired) electrons. The van der Waals surface area contributed by atoms with Crippen molar-refractivity contribution in [3.63, 3.8) is 0 Å². The number of rotatable bonds is 8. The van der Waals surface area contributed by atoms with Crippen molar-refractivity contribution in [2.75, 3.05) is 19.3 Å². The molecule has 96 valence electrons. The van der Waals surface area contributed by atoms with Gasteiger partial charge in [-0.2, -0.15) is 0 Å². The van der Waals surface area contributed by atoms with Gasteiger partial charge in [0.1, 0.15) is 0 Å². The summed E-state index contributed by atoms with van der Waals surface area (Å²) < 4.78 is 22.8. The van der Waals surface area contributed by atoms with E-state index < -0.39 is 10.0 Å². The molecule has 0 bridgehead atoms. The zero-order chi connectivity index (χ0) is 12.6. The minimum atomic E-state index is -3.24. The molecular weight excluding hydrogens is 228 g/mol. The van der Waals surface area contributed by atoms with Crippen LogP contribution >= 0.6 is 0 Å². The summed E-state index contributed by atoms with van der Waals surface area (Å²) in [5.74, 6) is 5.94. The number of amidine groups is 1. The molecule has 0 amide bonds. The Labute approximate surface area is 97.7 Å². The summed E-state index contributed by atoms with van der Waals surface area (Å²) in [6.45, 7) is 2.87. The van der Waals surface area contributed by atoms with Crippen LogP contribution in [0.1, 0.15) is 32.6 Å². The normalized spacial score (nSPS) is 13.4. The summed E-state index contributed by atoms with van der Waals surface area (Å²) in [5.41, 5.74) is 5.38. The van der Waals surface area contributed by atoms with Gasteiger partial charge < -0.3 is 5.73 Å². The maximum atomic E-state index is 10.9. The molecule has 0 aliphatic heterocycles. The van der Waals surface area contributed by atoms with Crippen molar-refractivity contribution in [3.05, 3.63) is 0 Å². The minimum Gasteiger partial charge on any atom is -0.388 e. The fraction of sp³-hybridized carbons (Fsp3) is 0.889. The third-order valence-electron chi connectivity index (χ3n) is 2.07. The van der Waals surface area contributed by atoms with Gasteiger partial charge in [-0.15, -0.1) is 4.41 Å². The van der Waals surface area contributed by atoms with Gasteiger partial charge in [0.25, 0.3) is 0 Å². The molecular formula is C9H22N4O2S. The van der Waals surface area contributed by atoms with Crippen LogP contribution in [0.5, 0.6) is 0 Å². The van der Waals surface area contributed by atoms with Gasteiger partial charge in [-0.05, 0) is 19.8 Å². The van der Waals surface area contributed by atoms with Gasteiger partial charge in [0.15, 0.2) is 0 Å². The van der Waals surface area contributed by atoms with E-state index in [0.29, 0.717) is 12.4 Å². The van der Waals surface area contributed by atoms with Crippen LogP contribution in [0.4, 0.5) is 0 Å². The third-order valence-corrected chi connectivity index (χ3v) is 3.11. The Bertz CT molecular complexity index is 309. The maximum Gasteiger partial charge on any atom is 0.223 e. The van der Waals surface area contributed by atoms with Gasteiger partial charge in [0.05, 0.1) is 12.1 Å². The largest absolute Gasteiger partial charge is 0.388 e. The Kier molecular flexibility index (Phi) is 7.27. The van der Waals surface area contributed by atoms with Crippen molar-refractivity contribution in [1.29, 1.82) is 0 Å². The predicted molar refractivity (Wildman–Crippen MR) is 66.4 cm³/mol. The van der Waals surface area contributed by atoms with Gasteiger partial charge in [-0.1, -0.05) is 12.8 Å². The second-order valence-corrected chi connectivity index (χ2v) is 5.75. The van der Waals surface area contributed by atoms with Crippen LogP contribution in [-0.2, 0) is 10.0 Å². The minimum absolute atomic E-state index is 0.373. The first-order chi connectivity index (χ1) is 7.34. The molecule has 0 aromatic heterocycles. The van der Waals surface area contributed by atoms with E-state index in [2.05, 4.69) is 4.99 Å². The van der Waals surface area contributed by atoms with Crippen molar-refractivity contribution >= 4 is 15.9 Å². The number of hydrogen-bond donors (Lipinski definition) is 2. The molecule has 0 saturated carbocycles. The van der Waals surface area contributed by atoms with Crippen LogP contribution in [0, 0.1) is 0 Å². The smallest absolute Gasteiger partial charge is 0.223 e. The highest BCUT2D eigenvalue weighted by molar-refractivity contribution is 7.88. The molecule has 0 aliphatic rings. The van der Waals surface area contributed by atoms with Crippen molar-refractivity contribution in [1.82, 2.24) is 4.41 Å². The average molecular weight is 250 g/mol. The quantitative estimate of drug-likeness (QED) is 0.209. The number of nitrogens with two attached hydrogens (primary N) is 2. The van der Waals surface area contributed by atoms with Gasteiger partial charge >= 0.3 is 0 Å². The molecule has 0 unspecified atom stereocenters. The molecule has 4 N–H and O–H groups in total. The molecule has 16 heavy (non-hydrogen) atoms. The zero-order valence-electron chi connectivity index (χ0n) is 10.0. The van der Waals surface area contributed by atoms with E-state index in [1.165, 1.54) is 0 Å². The maximum absolute atomic E-state index is 10.9. The summed E-state index contributed by atoms with van der Waals surface area (Å²) in [6.07, 6.45) is 4.80. The highest BCUT2D eigenvalue weighted by Gasteiger charge is 2.09. The molecule has 0 fully saturated rings. The zero-order valence-corrected chi connectivity index (χ0v) is 10.8. The summed E-state index contributed by atoms with van der Waals surface area (Å²) in [4.78, 5) is 4.06. The van der Waals surface area contributed by atoms with Crippen LogP contribution in [-0.4, -0.2) is 38.0 Å². The number of hydrazine groups is 1. The van der Waals surface area contributed by atoms with E-state index >= 15 is 0 Å². The van der Waals surface area contributed by atoms with Crippen molar-refractivity contribution < 1.29 is 8.42 Å². The highest BCUT2D eigenvalue weighted by atomic mass is 32.2. The van der Waals surface area contributed by atoms with Crippen LogP contribution in [0.3, 0.4) is 0 Å². The van der Waals surface area contributed by atoms with E-state index in [9.17, 15) is 8.42 Å². The van der Waals surface area contributed by atoms with Crippen LogP contribution in [0.25, 0.3) is 0 Å². The molecule has 0 rings (SSSR count). The standard InChI is InChI=1S/C9H22N4O2S/c1-9(10)12-7-5-3-4-6-8-13(11)16(2,14)15/h3-8,11H2,1-2H3,(H2,10,12). The summed E-state index contributed by atoms with van der Waals surface area (Å²) >= 11 is 0. The van der Waals surface area contributed by atoms with Gasteiger partial charge in [-0.3, -0.25) is 10.8 Å². The molecule has 7 heteroatoms. The monoisotopic (exact) mass is 250 g/mol. The van der Waals surface area contributed by atoms with Crippen LogP contribution in [0.2, 0.25) is 0 Å². The van der Waals surface area contributed by atoms with Gasteiger partial charge in [0.2, 0.25) is 10.0 Å². The highest BCUT2D eigenvalue weighted by Crippen LogP contribution is 2.02. The van der Waals surface area contributed by atoms with Gasteiger partial charge in [-0.25, -0.2) is 8.42 Å².